The first-order chi connectivity index (χ1) is 20.5. The Bertz CT molecular complexity index is 1860. The third-order valence-electron chi connectivity index (χ3n) is 7.22. The Kier molecular flexibility index (Phi) is 6.81. The minimum Gasteiger partial charge on any atom is -0.386 e. The SMILES string of the molecule is Nc1ncnc2c1ncn2C1CC2OP(=O)(O)OCC3OC(n4cnc5c(N)ncnc54)C(O)C3OS(=O)(=O)NCC2O1. The van der Waals surface area contributed by atoms with Crippen molar-refractivity contribution in [1.29, 1.82) is 0 Å². The number of aliphatic hydroxyl groups excluding tert-OH is 1. The van der Waals surface area contributed by atoms with E-state index in [-0.39, 0.29) is 29.2 Å². The highest BCUT2D eigenvalue weighted by molar-refractivity contribution is 7.84. The molecule has 8 atom stereocenters. The number of hydrogen-bond acceptors (Lipinski definition) is 17. The van der Waals surface area contributed by atoms with Crippen molar-refractivity contribution in [2.24, 2.45) is 0 Å². The number of phosphoric acid groups is 1. The lowest BCUT2D eigenvalue weighted by atomic mass is 10.1. The number of aliphatic hydroxyl groups is 1. The molecule has 7 rings (SSSR count). The average molecular weight is 642 g/mol. The fourth-order valence-corrected chi connectivity index (χ4v) is 7.17. The molecule has 0 radical (unpaired) electrons. The van der Waals surface area contributed by atoms with E-state index in [1.54, 1.807) is 0 Å². The second-order valence-corrected chi connectivity index (χ2v) is 12.7. The number of nitrogens with two attached hydrogens (primary N) is 2. The largest absolute Gasteiger partial charge is 0.472 e. The first kappa shape index (κ1) is 28.3. The smallest absolute Gasteiger partial charge is 0.386 e. The Morgan fingerprint density at radius 2 is 1.58 bits per heavy atom. The molecule has 0 amide bonds. The number of hydrogen-bond donors (Lipinski definition) is 5. The lowest BCUT2D eigenvalue weighted by Crippen LogP contribution is -2.44. The molecule has 0 saturated carbocycles. The van der Waals surface area contributed by atoms with Crippen molar-refractivity contribution in [3.05, 3.63) is 25.3 Å². The summed E-state index contributed by atoms with van der Waals surface area (Å²) in [5.74, 6) is 0.208. The molecular formula is C20H24N11O10PS. The van der Waals surface area contributed by atoms with Crippen LogP contribution in [0, 0.1) is 0 Å². The molecule has 3 fully saturated rings. The van der Waals surface area contributed by atoms with Gasteiger partial charge in [0.15, 0.2) is 29.2 Å². The second-order valence-electron chi connectivity index (χ2n) is 9.86. The minimum atomic E-state index is -4.80. The summed E-state index contributed by atoms with van der Waals surface area (Å²) in [5, 5.41) is 11.1. The van der Waals surface area contributed by atoms with Gasteiger partial charge in [0, 0.05) is 13.0 Å². The van der Waals surface area contributed by atoms with Gasteiger partial charge in [-0.05, 0) is 0 Å². The molecule has 0 spiro atoms. The lowest BCUT2D eigenvalue weighted by Gasteiger charge is -2.25. The van der Waals surface area contributed by atoms with Crippen LogP contribution in [-0.2, 0) is 37.6 Å². The van der Waals surface area contributed by atoms with Gasteiger partial charge in [-0.1, -0.05) is 0 Å². The average Bonchev–Trinajstić information content (AvgIpc) is 3.72. The zero-order chi connectivity index (χ0) is 30.1. The van der Waals surface area contributed by atoms with E-state index in [4.69, 9.17) is 34.2 Å². The molecule has 3 aliphatic heterocycles. The van der Waals surface area contributed by atoms with Crippen LogP contribution in [0.4, 0.5) is 11.6 Å². The van der Waals surface area contributed by atoms with Gasteiger partial charge in [0.25, 0.3) is 0 Å². The zero-order valence-electron chi connectivity index (χ0n) is 21.7. The van der Waals surface area contributed by atoms with E-state index >= 15 is 0 Å². The molecule has 3 aliphatic rings. The monoisotopic (exact) mass is 641 g/mol. The number of nitrogens with zero attached hydrogens (tertiary/aromatic N) is 8. The highest BCUT2D eigenvalue weighted by Crippen LogP contribution is 2.49. The maximum atomic E-state index is 13.0. The van der Waals surface area contributed by atoms with Gasteiger partial charge in [-0.2, -0.15) is 13.1 Å². The predicted molar refractivity (Wildman–Crippen MR) is 140 cm³/mol. The molecule has 0 bridgehead atoms. The number of nitrogens with one attached hydrogen (secondary N) is 1. The van der Waals surface area contributed by atoms with Crippen LogP contribution in [0.2, 0.25) is 0 Å². The first-order valence-electron chi connectivity index (χ1n) is 12.7. The van der Waals surface area contributed by atoms with E-state index in [0.29, 0.717) is 11.2 Å². The molecular weight excluding hydrogens is 617 g/mol. The van der Waals surface area contributed by atoms with Crippen LogP contribution in [0.15, 0.2) is 25.3 Å². The summed E-state index contributed by atoms with van der Waals surface area (Å²) in [4.78, 5) is 34.9. The number of aromatic nitrogens is 8. The molecule has 43 heavy (non-hydrogen) atoms. The van der Waals surface area contributed by atoms with Crippen LogP contribution in [0.25, 0.3) is 22.3 Å². The number of ether oxygens (including phenoxy) is 2. The zero-order valence-corrected chi connectivity index (χ0v) is 23.4. The highest BCUT2D eigenvalue weighted by atomic mass is 32.2. The summed E-state index contributed by atoms with van der Waals surface area (Å²) in [6, 6.07) is 0. The molecule has 7 heterocycles. The van der Waals surface area contributed by atoms with Gasteiger partial charge < -0.3 is 30.9 Å². The van der Waals surface area contributed by atoms with Crippen LogP contribution in [0.1, 0.15) is 18.9 Å². The maximum Gasteiger partial charge on any atom is 0.472 e. The van der Waals surface area contributed by atoms with Crippen molar-refractivity contribution >= 4 is 52.1 Å². The molecule has 0 aliphatic carbocycles. The molecule has 4 aromatic rings. The fourth-order valence-electron chi connectivity index (χ4n) is 5.24. The van der Waals surface area contributed by atoms with Crippen molar-refractivity contribution in [3.8, 4) is 0 Å². The number of anilines is 2. The van der Waals surface area contributed by atoms with E-state index in [0.717, 1.165) is 0 Å². The van der Waals surface area contributed by atoms with Gasteiger partial charge >= 0.3 is 18.1 Å². The summed E-state index contributed by atoms with van der Waals surface area (Å²) in [7, 11) is -9.35. The fraction of sp³-hybridized carbons (Fsp3) is 0.500. The van der Waals surface area contributed by atoms with Crippen LogP contribution < -0.4 is 16.2 Å². The summed E-state index contributed by atoms with van der Waals surface area (Å²) in [5.41, 5.74) is 12.7. The Morgan fingerprint density at radius 3 is 2.28 bits per heavy atom. The molecule has 8 unspecified atom stereocenters. The van der Waals surface area contributed by atoms with Crippen molar-refractivity contribution in [2.75, 3.05) is 24.6 Å². The van der Waals surface area contributed by atoms with E-state index in [1.807, 2.05) is 0 Å². The molecule has 23 heteroatoms. The molecule has 7 N–H and O–H groups in total. The standard InChI is InChI=1S/C20H24N11O10PS/c21-16-12-18(25-4-23-16)30(6-27-12)11-1-8-9(38-11)2-29-43(35,36)41-15-10(3-37-42(33,34)40-8)39-20(14(15)32)31-7-28-13-17(22)24-5-26-19(13)31/h4-11,14-15,20,29,32H,1-3H2,(H,33,34)(H2,21,23,25)(H2,22,24,26). The lowest BCUT2D eigenvalue weighted by molar-refractivity contribution is -0.0541. The molecule has 3 saturated heterocycles. The van der Waals surface area contributed by atoms with Gasteiger partial charge in [-0.3, -0.25) is 18.2 Å². The summed E-state index contributed by atoms with van der Waals surface area (Å²) in [6.45, 7) is -1.14. The molecule has 4 aromatic heterocycles. The topological polar surface area (TPSA) is 289 Å². The van der Waals surface area contributed by atoms with E-state index in [1.165, 1.54) is 34.4 Å². The summed E-state index contributed by atoms with van der Waals surface area (Å²) in [6.07, 6.45) is -3.85. The highest BCUT2D eigenvalue weighted by Gasteiger charge is 2.50. The van der Waals surface area contributed by atoms with Crippen molar-refractivity contribution in [3.63, 3.8) is 0 Å². The number of rotatable bonds is 2. The Hall–Kier alpha value is -3.44. The normalized spacial score (nSPS) is 34.9. The third-order valence-corrected chi connectivity index (χ3v) is 9.23. The van der Waals surface area contributed by atoms with Crippen molar-refractivity contribution < 1.29 is 45.7 Å². The van der Waals surface area contributed by atoms with Crippen molar-refractivity contribution in [2.45, 2.75) is 49.4 Å². The van der Waals surface area contributed by atoms with Gasteiger partial charge in [0.1, 0.15) is 60.4 Å². The van der Waals surface area contributed by atoms with Crippen LogP contribution in [0.3, 0.4) is 0 Å². The molecule has 0 aromatic carbocycles. The minimum absolute atomic E-state index is 0.0153. The Morgan fingerprint density at radius 1 is 0.930 bits per heavy atom. The number of nitrogen functional groups attached to an aromatic ring is 2. The predicted octanol–water partition coefficient (Wildman–Crippen LogP) is -1.89. The summed E-state index contributed by atoms with van der Waals surface area (Å²) >= 11 is 0. The molecule has 230 valence electrons. The van der Waals surface area contributed by atoms with Gasteiger partial charge in [0.05, 0.1) is 19.3 Å². The Labute approximate surface area is 241 Å². The quantitative estimate of drug-likeness (QED) is 0.149. The van der Waals surface area contributed by atoms with Crippen LogP contribution >= 0.6 is 7.82 Å². The van der Waals surface area contributed by atoms with Crippen LogP contribution in [0.5, 0.6) is 0 Å². The second kappa shape index (κ2) is 10.3. The van der Waals surface area contributed by atoms with E-state index < -0.39 is 74.3 Å². The van der Waals surface area contributed by atoms with Gasteiger partial charge in [-0.25, -0.2) is 38.7 Å². The number of phosphoric ester groups is 1. The van der Waals surface area contributed by atoms with E-state index in [2.05, 4.69) is 34.6 Å². The van der Waals surface area contributed by atoms with Crippen molar-refractivity contribution in [1.82, 2.24) is 43.8 Å². The first-order valence-corrected chi connectivity index (χ1v) is 15.6. The number of fused-ring (bicyclic) bond motifs is 4. The maximum absolute atomic E-state index is 13.0. The van der Waals surface area contributed by atoms with Crippen LogP contribution in [-0.4, -0.2) is 101 Å². The number of imidazole rings is 2. The third kappa shape index (κ3) is 5.10. The summed E-state index contributed by atoms with van der Waals surface area (Å²) < 4.78 is 71.9. The molecule has 21 nitrogen and oxygen atoms in total. The Balaban J connectivity index is 1.15. The van der Waals surface area contributed by atoms with E-state index in [9.17, 15) is 23.0 Å². The van der Waals surface area contributed by atoms with Gasteiger partial charge in [-0.15, -0.1) is 0 Å². The van der Waals surface area contributed by atoms with Gasteiger partial charge in [0.2, 0.25) is 0 Å².